The number of carbonyl (C=O) groups excluding carboxylic acids is 1. The third kappa shape index (κ3) is 4.39. The van der Waals surface area contributed by atoms with Crippen molar-refractivity contribution in [3.8, 4) is 0 Å². The Balaban J connectivity index is 2.18. The molecule has 120 valence electrons. The summed E-state index contributed by atoms with van der Waals surface area (Å²) in [6, 6.07) is 10.0. The van der Waals surface area contributed by atoms with E-state index in [-0.39, 0.29) is 12.0 Å². The smallest absolute Gasteiger partial charge is 0.326 e. The molecule has 2 aromatic rings. The van der Waals surface area contributed by atoms with Crippen molar-refractivity contribution in [2.45, 2.75) is 26.3 Å². The Morgan fingerprint density at radius 3 is 2.30 bits per heavy atom. The third-order valence-corrected chi connectivity index (χ3v) is 3.47. The molecule has 0 bridgehead atoms. The molecule has 0 radical (unpaired) electrons. The van der Waals surface area contributed by atoms with Gasteiger partial charge in [-0.05, 0) is 37.6 Å². The Morgan fingerprint density at radius 1 is 1.13 bits per heavy atom. The normalized spacial score (nSPS) is 11.8. The van der Waals surface area contributed by atoms with Crippen LogP contribution in [0.4, 0.5) is 4.39 Å². The highest BCUT2D eigenvalue weighted by atomic mass is 19.1. The molecule has 0 unspecified atom stereocenters. The first kappa shape index (κ1) is 16.7. The molecule has 0 aromatic heterocycles. The van der Waals surface area contributed by atoms with Gasteiger partial charge in [-0.2, -0.15) is 0 Å². The maximum atomic E-state index is 13.7. The first-order chi connectivity index (χ1) is 10.9. The Bertz CT molecular complexity index is 723. The first-order valence-corrected chi connectivity index (χ1v) is 7.22. The van der Waals surface area contributed by atoms with Gasteiger partial charge in [0.25, 0.3) is 5.91 Å². The van der Waals surface area contributed by atoms with Gasteiger partial charge >= 0.3 is 5.97 Å². The van der Waals surface area contributed by atoms with E-state index in [2.05, 4.69) is 5.32 Å². The average Bonchev–Trinajstić information content (AvgIpc) is 2.47. The van der Waals surface area contributed by atoms with Gasteiger partial charge in [-0.1, -0.05) is 35.4 Å². The molecule has 0 aliphatic rings. The van der Waals surface area contributed by atoms with Gasteiger partial charge in [0.05, 0.1) is 0 Å². The van der Waals surface area contributed by atoms with Gasteiger partial charge in [0.1, 0.15) is 11.9 Å². The zero-order valence-electron chi connectivity index (χ0n) is 13.0. The zero-order chi connectivity index (χ0) is 17.0. The number of hydrogen-bond acceptors (Lipinski definition) is 2. The second-order valence-electron chi connectivity index (χ2n) is 5.54. The van der Waals surface area contributed by atoms with Crippen molar-refractivity contribution in [2.75, 3.05) is 0 Å². The predicted octanol–water partition coefficient (Wildman–Crippen LogP) is 2.87. The van der Waals surface area contributed by atoms with Gasteiger partial charge in [0.15, 0.2) is 0 Å². The van der Waals surface area contributed by atoms with Crippen LogP contribution < -0.4 is 5.32 Å². The van der Waals surface area contributed by atoms with Crippen LogP contribution in [0.5, 0.6) is 0 Å². The van der Waals surface area contributed by atoms with Crippen LogP contribution in [0.2, 0.25) is 0 Å². The molecule has 0 heterocycles. The Hall–Kier alpha value is -2.69. The van der Waals surface area contributed by atoms with Crippen LogP contribution in [0, 0.1) is 19.7 Å². The number of hydrogen-bond donors (Lipinski definition) is 2. The van der Waals surface area contributed by atoms with Crippen LogP contribution in [-0.2, 0) is 11.2 Å². The predicted molar refractivity (Wildman–Crippen MR) is 84.9 cm³/mol. The molecule has 1 atom stereocenters. The van der Waals surface area contributed by atoms with E-state index in [9.17, 15) is 19.1 Å². The lowest BCUT2D eigenvalue weighted by molar-refractivity contribution is -0.139. The summed E-state index contributed by atoms with van der Waals surface area (Å²) in [4.78, 5) is 23.6. The molecule has 0 saturated heterocycles. The first-order valence-electron chi connectivity index (χ1n) is 7.22. The van der Waals surface area contributed by atoms with E-state index in [4.69, 9.17) is 0 Å². The topological polar surface area (TPSA) is 66.4 Å². The van der Waals surface area contributed by atoms with E-state index in [0.29, 0.717) is 5.56 Å². The quantitative estimate of drug-likeness (QED) is 0.891. The molecule has 23 heavy (non-hydrogen) atoms. The van der Waals surface area contributed by atoms with Gasteiger partial charge in [-0.15, -0.1) is 0 Å². The maximum Gasteiger partial charge on any atom is 0.326 e. The molecule has 2 aromatic carbocycles. The standard InChI is InChI=1S/C18H18FNO3/c1-11-7-12(2)9-14(8-11)17(21)20-16(18(22)23)10-13-5-3-4-6-15(13)19/h3-9,16H,10H2,1-2H3,(H,20,21)(H,22,23)/t16-/m0/s1. The van der Waals surface area contributed by atoms with Crippen molar-refractivity contribution >= 4 is 11.9 Å². The summed E-state index contributed by atoms with van der Waals surface area (Å²) in [5, 5.41) is 11.8. The highest BCUT2D eigenvalue weighted by molar-refractivity contribution is 5.97. The fraction of sp³-hybridized carbons (Fsp3) is 0.222. The summed E-state index contributed by atoms with van der Waals surface area (Å²) < 4.78 is 13.7. The van der Waals surface area contributed by atoms with Crippen molar-refractivity contribution in [3.05, 3.63) is 70.5 Å². The van der Waals surface area contributed by atoms with Gasteiger partial charge in [-0.25, -0.2) is 9.18 Å². The summed E-state index contributed by atoms with van der Waals surface area (Å²) in [6.45, 7) is 3.72. The van der Waals surface area contributed by atoms with E-state index >= 15 is 0 Å². The highest BCUT2D eigenvalue weighted by Gasteiger charge is 2.22. The van der Waals surface area contributed by atoms with Crippen LogP contribution in [0.25, 0.3) is 0 Å². The van der Waals surface area contributed by atoms with Gasteiger partial charge in [0.2, 0.25) is 0 Å². The van der Waals surface area contributed by atoms with Crippen molar-refractivity contribution in [1.29, 1.82) is 0 Å². The number of aliphatic carboxylic acids is 1. The Morgan fingerprint density at radius 2 is 1.74 bits per heavy atom. The number of aryl methyl sites for hydroxylation is 2. The fourth-order valence-electron chi connectivity index (χ4n) is 2.43. The van der Waals surface area contributed by atoms with E-state index in [1.165, 1.54) is 18.2 Å². The van der Waals surface area contributed by atoms with Gasteiger partial charge in [-0.3, -0.25) is 4.79 Å². The van der Waals surface area contributed by atoms with Crippen LogP contribution >= 0.6 is 0 Å². The third-order valence-electron chi connectivity index (χ3n) is 3.47. The second kappa shape index (κ2) is 7.05. The van der Waals surface area contributed by atoms with E-state index in [1.54, 1.807) is 18.2 Å². The Labute approximate surface area is 134 Å². The lowest BCUT2D eigenvalue weighted by Gasteiger charge is -2.15. The van der Waals surface area contributed by atoms with Crippen molar-refractivity contribution < 1.29 is 19.1 Å². The molecule has 5 heteroatoms. The van der Waals surface area contributed by atoms with Crippen LogP contribution in [-0.4, -0.2) is 23.0 Å². The zero-order valence-corrected chi connectivity index (χ0v) is 13.0. The van der Waals surface area contributed by atoms with Gasteiger partial charge < -0.3 is 10.4 Å². The van der Waals surface area contributed by atoms with Gasteiger partial charge in [0, 0.05) is 12.0 Å². The van der Waals surface area contributed by atoms with Crippen molar-refractivity contribution in [2.24, 2.45) is 0 Å². The molecule has 0 fully saturated rings. The molecule has 4 nitrogen and oxygen atoms in total. The summed E-state index contributed by atoms with van der Waals surface area (Å²) >= 11 is 0. The lowest BCUT2D eigenvalue weighted by Crippen LogP contribution is -2.42. The number of rotatable bonds is 5. The number of benzene rings is 2. The fourth-order valence-corrected chi connectivity index (χ4v) is 2.43. The minimum absolute atomic E-state index is 0.113. The molecule has 0 aliphatic heterocycles. The van der Waals surface area contributed by atoms with Crippen LogP contribution in [0.1, 0.15) is 27.0 Å². The summed E-state index contributed by atoms with van der Waals surface area (Å²) in [5.74, 6) is -2.18. The van der Waals surface area contributed by atoms with Crippen LogP contribution in [0.15, 0.2) is 42.5 Å². The van der Waals surface area contributed by atoms with Crippen molar-refractivity contribution in [1.82, 2.24) is 5.32 Å². The molecular weight excluding hydrogens is 297 g/mol. The summed E-state index contributed by atoms with van der Waals surface area (Å²) in [5.41, 5.74) is 2.47. The number of amides is 1. The number of halogens is 1. The maximum absolute atomic E-state index is 13.7. The Kier molecular flexibility index (Phi) is 5.11. The number of carbonyl (C=O) groups is 2. The lowest BCUT2D eigenvalue weighted by atomic mass is 10.0. The largest absolute Gasteiger partial charge is 0.480 e. The molecule has 0 aliphatic carbocycles. The summed E-state index contributed by atoms with van der Waals surface area (Å²) in [7, 11) is 0. The summed E-state index contributed by atoms with van der Waals surface area (Å²) in [6.07, 6.45) is -0.113. The number of carboxylic acids is 1. The number of nitrogens with one attached hydrogen (secondary N) is 1. The monoisotopic (exact) mass is 315 g/mol. The molecular formula is C18H18FNO3. The molecule has 0 spiro atoms. The van der Waals surface area contributed by atoms with Crippen molar-refractivity contribution in [3.63, 3.8) is 0 Å². The average molecular weight is 315 g/mol. The molecule has 2 rings (SSSR count). The highest BCUT2D eigenvalue weighted by Crippen LogP contribution is 2.12. The number of carboxylic acid groups (broad SMARTS) is 1. The minimum atomic E-state index is -1.20. The van der Waals surface area contributed by atoms with E-state index < -0.39 is 23.7 Å². The van der Waals surface area contributed by atoms with E-state index in [0.717, 1.165) is 11.1 Å². The second-order valence-corrected chi connectivity index (χ2v) is 5.54. The van der Waals surface area contributed by atoms with E-state index in [1.807, 2.05) is 19.9 Å². The molecule has 1 amide bonds. The molecule has 0 saturated carbocycles. The molecule has 2 N–H and O–H groups in total. The minimum Gasteiger partial charge on any atom is -0.480 e. The SMILES string of the molecule is Cc1cc(C)cc(C(=O)N[C@@H](Cc2ccccc2F)C(=O)O)c1. The van der Waals surface area contributed by atoms with Crippen LogP contribution in [0.3, 0.4) is 0 Å².